The molecule has 0 aliphatic heterocycles. The third-order valence-corrected chi connectivity index (χ3v) is 4.41. The molecule has 2 aromatic rings. The lowest BCUT2D eigenvalue weighted by molar-refractivity contribution is -0.147. The summed E-state index contributed by atoms with van der Waals surface area (Å²) in [6, 6.07) is 3.55. The minimum absolute atomic E-state index is 0.419. The summed E-state index contributed by atoms with van der Waals surface area (Å²) in [5.41, 5.74) is 9.12. The minimum atomic E-state index is -0.771. The van der Waals surface area contributed by atoms with Gasteiger partial charge in [0.25, 0.3) is 0 Å². The second-order valence-corrected chi connectivity index (χ2v) is 6.71. The number of carbonyl (C=O) groups is 1. The number of carbonyl (C=O) groups excluding carboxylic acids is 1. The molecule has 3 N–H and O–H groups in total. The third kappa shape index (κ3) is 5.33. The number of nitrogen functional groups attached to an aromatic ring is 1. The number of nitrogens with one attached hydrogen (secondary N) is 1. The van der Waals surface area contributed by atoms with Gasteiger partial charge in [-0.2, -0.15) is 5.10 Å². The van der Waals surface area contributed by atoms with Crippen LogP contribution in [0.5, 0.6) is 11.5 Å². The molecule has 1 unspecified atom stereocenters. The lowest BCUT2D eigenvalue weighted by Crippen LogP contribution is -2.25. The van der Waals surface area contributed by atoms with Crippen LogP contribution < -0.4 is 20.6 Å². The monoisotopic (exact) mass is 442 g/mol. The highest BCUT2D eigenvalue weighted by atomic mass is 79.9. The van der Waals surface area contributed by atoms with Gasteiger partial charge >= 0.3 is 5.97 Å². The number of methoxy groups -OCH3 is 1. The Hall–Kier alpha value is -2.33. The van der Waals surface area contributed by atoms with Crippen molar-refractivity contribution in [3.63, 3.8) is 0 Å². The lowest BCUT2D eigenvalue weighted by atomic mass is 10.2. The Kier molecular flexibility index (Phi) is 7.22. The molecule has 0 saturated heterocycles. The van der Waals surface area contributed by atoms with Crippen LogP contribution in [0.3, 0.4) is 0 Å². The highest BCUT2D eigenvalue weighted by Crippen LogP contribution is 2.37. The van der Waals surface area contributed by atoms with E-state index in [1.165, 1.54) is 18.4 Å². The average molecular weight is 443 g/mol. The zero-order valence-electron chi connectivity index (χ0n) is 14.5. The molecule has 0 fully saturated rings. The van der Waals surface area contributed by atoms with Gasteiger partial charge in [0.2, 0.25) is 5.13 Å². The molecule has 0 bridgehead atoms. The van der Waals surface area contributed by atoms with Crippen LogP contribution in [0.4, 0.5) is 10.9 Å². The number of anilines is 2. The second kappa shape index (κ2) is 9.39. The maximum atomic E-state index is 11.6. The summed E-state index contributed by atoms with van der Waals surface area (Å²) in [6.45, 7) is 3.90. The molecular weight excluding hydrogens is 424 g/mol. The van der Waals surface area contributed by atoms with Crippen molar-refractivity contribution >= 4 is 50.4 Å². The average Bonchev–Trinajstić information content (AvgIpc) is 3.02. The molecule has 1 atom stereocenters. The van der Waals surface area contributed by atoms with Crippen LogP contribution in [0.1, 0.15) is 19.4 Å². The summed E-state index contributed by atoms with van der Waals surface area (Å²) in [7, 11) is 1.31. The normalized spacial score (nSPS) is 12.0. The van der Waals surface area contributed by atoms with Crippen molar-refractivity contribution in [2.45, 2.75) is 20.0 Å². The van der Waals surface area contributed by atoms with Gasteiger partial charge < -0.3 is 19.9 Å². The van der Waals surface area contributed by atoms with E-state index < -0.39 is 12.1 Å². The third-order valence-electron chi connectivity index (χ3n) is 3.06. The molecule has 1 aromatic carbocycles. The van der Waals surface area contributed by atoms with Gasteiger partial charge in [0, 0.05) is 5.38 Å². The molecule has 0 radical (unpaired) electrons. The predicted molar refractivity (Wildman–Crippen MR) is 105 cm³/mol. The van der Waals surface area contributed by atoms with E-state index in [-0.39, 0.29) is 0 Å². The van der Waals surface area contributed by atoms with Crippen molar-refractivity contribution in [3.8, 4) is 11.5 Å². The maximum Gasteiger partial charge on any atom is 0.346 e. The van der Waals surface area contributed by atoms with Gasteiger partial charge in [0.1, 0.15) is 5.82 Å². The fraction of sp³-hybridized carbons (Fsp3) is 0.312. The molecule has 10 heteroatoms. The quantitative estimate of drug-likeness (QED) is 0.366. The SMILES string of the molecule is CCOc1cc(C=NNc2nc(N)cs2)cc(Br)c1OC(C)C(=O)OC. The van der Waals surface area contributed by atoms with Gasteiger partial charge in [-0.3, -0.25) is 5.43 Å². The summed E-state index contributed by atoms with van der Waals surface area (Å²) in [6.07, 6.45) is 0.838. The van der Waals surface area contributed by atoms with Crippen molar-refractivity contribution in [3.05, 3.63) is 27.5 Å². The summed E-state index contributed by atoms with van der Waals surface area (Å²) < 4.78 is 16.6. The predicted octanol–water partition coefficient (Wildman–Crippen LogP) is 3.27. The molecule has 0 spiro atoms. The van der Waals surface area contributed by atoms with Gasteiger partial charge in [-0.1, -0.05) is 0 Å². The molecule has 8 nitrogen and oxygen atoms in total. The van der Waals surface area contributed by atoms with Crippen LogP contribution in [-0.2, 0) is 9.53 Å². The Bertz CT molecular complexity index is 797. The Morgan fingerprint density at radius 2 is 2.31 bits per heavy atom. The minimum Gasteiger partial charge on any atom is -0.490 e. The van der Waals surface area contributed by atoms with E-state index in [2.05, 4.69) is 36.2 Å². The topological polar surface area (TPSA) is 108 Å². The first-order valence-electron chi connectivity index (χ1n) is 7.65. The zero-order valence-corrected chi connectivity index (χ0v) is 16.9. The van der Waals surface area contributed by atoms with Crippen molar-refractivity contribution < 1.29 is 19.0 Å². The van der Waals surface area contributed by atoms with Crippen LogP contribution >= 0.6 is 27.3 Å². The Morgan fingerprint density at radius 3 is 2.92 bits per heavy atom. The number of hydrogen-bond acceptors (Lipinski definition) is 9. The van der Waals surface area contributed by atoms with Gasteiger partial charge in [0.15, 0.2) is 17.6 Å². The Labute approximate surface area is 163 Å². The number of nitrogens with zero attached hydrogens (tertiary/aromatic N) is 2. The number of rotatable bonds is 8. The number of hydrogen-bond donors (Lipinski definition) is 2. The number of aromatic nitrogens is 1. The Balaban J connectivity index is 2.19. The standard InChI is InChI=1S/C16H19BrN4O4S/c1-4-24-12-6-10(7-19-21-16-20-13(18)8-26-16)5-11(17)14(12)25-9(2)15(22)23-3/h5-9H,4,18H2,1-3H3,(H,20,21). The summed E-state index contributed by atoms with van der Waals surface area (Å²) in [5.74, 6) is 0.868. The molecule has 0 saturated carbocycles. The number of thiazole rings is 1. The van der Waals surface area contributed by atoms with E-state index in [4.69, 9.17) is 15.2 Å². The van der Waals surface area contributed by atoms with E-state index >= 15 is 0 Å². The molecule has 0 amide bonds. The fourth-order valence-electron chi connectivity index (χ4n) is 1.93. The van der Waals surface area contributed by atoms with Crippen molar-refractivity contribution in [1.29, 1.82) is 0 Å². The molecular formula is C16H19BrN4O4S. The molecule has 1 heterocycles. The number of esters is 1. The fourth-order valence-corrected chi connectivity index (χ4v) is 3.03. The highest BCUT2D eigenvalue weighted by Gasteiger charge is 2.20. The molecule has 26 heavy (non-hydrogen) atoms. The second-order valence-electron chi connectivity index (χ2n) is 4.99. The van der Waals surface area contributed by atoms with Crippen LogP contribution in [0.15, 0.2) is 27.1 Å². The number of benzene rings is 1. The first kappa shape index (κ1) is 20.0. The summed E-state index contributed by atoms with van der Waals surface area (Å²) >= 11 is 4.80. The van der Waals surface area contributed by atoms with Gasteiger partial charge in [-0.05, 0) is 47.5 Å². The zero-order chi connectivity index (χ0) is 19.1. The largest absolute Gasteiger partial charge is 0.490 e. The first-order chi connectivity index (χ1) is 12.4. The molecule has 2 rings (SSSR count). The number of nitrogens with two attached hydrogens (primary N) is 1. The van der Waals surface area contributed by atoms with Crippen LogP contribution in [0, 0.1) is 0 Å². The lowest BCUT2D eigenvalue weighted by Gasteiger charge is -2.17. The Morgan fingerprint density at radius 1 is 1.54 bits per heavy atom. The maximum absolute atomic E-state index is 11.6. The van der Waals surface area contributed by atoms with Gasteiger partial charge in [-0.15, -0.1) is 11.3 Å². The van der Waals surface area contributed by atoms with E-state index in [0.29, 0.717) is 33.5 Å². The van der Waals surface area contributed by atoms with Gasteiger partial charge in [-0.25, -0.2) is 9.78 Å². The van der Waals surface area contributed by atoms with E-state index in [0.717, 1.165) is 5.56 Å². The number of halogens is 1. The van der Waals surface area contributed by atoms with E-state index in [1.807, 2.05) is 6.92 Å². The van der Waals surface area contributed by atoms with Crippen molar-refractivity contribution in [2.75, 3.05) is 24.9 Å². The van der Waals surface area contributed by atoms with Crippen LogP contribution in [0.2, 0.25) is 0 Å². The number of ether oxygens (including phenoxy) is 3. The molecule has 0 aliphatic carbocycles. The smallest absolute Gasteiger partial charge is 0.346 e. The van der Waals surface area contributed by atoms with Crippen molar-refractivity contribution in [2.24, 2.45) is 5.10 Å². The first-order valence-corrected chi connectivity index (χ1v) is 9.32. The highest BCUT2D eigenvalue weighted by molar-refractivity contribution is 9.10. The number of hydrazone groups is 1. The van der Waals surface area contributed by atoms with E-state index in [9.17, 15) is 4.79 Å². The van der Waals surface area contributed by atoms with Crippen molar-refractivity contribution in [1.82, 2.24) is 4.98 Å². The van der Waals surface area contributed by atoms with Crippen LogP contribution in [-0.4, -0.2) is 37.0 Å². The molecule has 1 aromatic heterocycles. The molecule has 0 aliphatic rings. The van der Waals surface area contributed by atoms with Crippen LogP contribution in [0.25, 0.3) is 0 Å². The van der Waals surface area contributed by atoms with Gasteiger partial charge in [0.05, 0.1) is 24.4 Å². The summed E-state index contributed by atoms with van der Waals surface area (Å²) in [5, 5.41) is 6.44. The molecule has 140 valence electrons. The summed E-state index contributed by atoms with van der Waals surface area (Å²) in [4.78, 5) is 15.6. The van der Waals surface area contributed by atoms with E-state index in [1.54, 1.807) is 30.7 Å².